The molecular weight excluding hydrogens is 362 g/mol. The van der Waals surface area contributed by atoms with Gasteiger partial charge in [-0.05, 0) is 23.9 Å². The smallest absolute Gasteiger partial charge is 0.296 e. The molecule has 0 bridgehead atoms. The molecule has 0 aliphatic heterocycles. The maximum absolute atomic E-state index is 11.4. The SMILES string of the molecule is Nc1c(S(=O)(=O)O)cc2cccc(O)c2c1OCCCS(=O)(=O)O. The van der Waals surface area contributed by atoms with Crippen LogP contribution in [-0.2, 0) is 20.2 Å². The minimum Gasteiger partial charge on any atom is -0.507 e. The van der Waals surface area contributed by atoms with Crippen molar-refractivity contribution in [2.75, 3.05) is 18.1 Å². The quantitative estimate of drug-likeness (QED) is 0.327. The van der Waals surface area contributed by atoms with Crippen LogP contribution in [-0.4, -0.2) is 43.4 Å². The fourth-order valence-corrected chi connectivity index (χ4v) is 3.30. The van der Waals surface area contributed by atoms with Crippen molar-refractivity contribution in [1.82, 2.24) is 0 Å². The average Bonchev–Trinajstić information content (AvgIpc) is 2.43. The molecule has 0 atom stereocenters. The molecule has 0 heterocycles. The Bertz CT molecular complexity index is 983. The lowest BCUT2D eigenvalue weighted by atomic mass is 10.1. The third-order valence-corrected chi connectivity index (χ3v) is 4.87. The molecule has 0 spiro atoms. The van der Waals surface area contributed by atoms with Gasteiger partial charge >= 0.3 is 0 Å². The first-order valence-corrected chi connectivity index (χ1v) is 9.65. The van der Waals surface area contributed by atoms with Crippen LogP contribution in [0, 0.1) is 0 Å². The summed E-state index contributed by atoms with van der Waals surface area (Å²) in [7, 11) is -8.80. The fraction of sp³-hybridized carbons (Fsp3) is 0.231. The van der Waals surface area contributed by atoms with Crippen LogP contribution in [0.2, 0.25) is 0 Å². The molecule has 2 aromatic carbocycles. The molecule has 0 saturated heterocycles. The molecule has 9 nitrogen and oxygen atoms in total. The first-order valence-electron chi connectivity index (χ1n) is 6.60. The van der Waals surface area contributed by atoms with Crippen molar-refractivity contribution >= 4 is 36.7 Å². The highest BCUT2D eigenvalue weighted by molar-refractivity contribution is 7.86. The van der Waals surface area contributed by atoms with Crippen LogP contribution in [0.5, 0.6) is 11.5 Å². The van der Waals surface area contributed by atoms with E-state index in [4.69, 9.17) is 15.0 Å². The minimum atomic E-state index is -4.64. The second-order valence-electron chi connectivity index (χ2n) is 4.96. The molecule has 5 N–H and O–H groups in total. The summed E-state index contributed by atoms with van der Waals surface area (Å²) < 4.78 is 67.5. The summed E-state index contributed by atoms with van der Waals surface area (Å²) in [6.07, 6.45) is -0.0938. The van der Waals surface area contributed by atoms with E-state index in [2.05, 4.69) is 0 Å². The van der Waals surface area contributed by atoms with Gasteiger partial charge in [0, 0.05) is 0 Å². The molecule has 0 aliphatic rings. The summed E-state index contributed by atoms with van der Waals surface area (Å²) in [6.45, 7) is -0.220. The zero-order valence-corrected chi connectivity index (χ0v) is 13.8. The van der Waals surface area contributed by atoms with E-state index >= 15 is 0 Å². The molecule has 11 heteroatoms. The molecule has 2 rings (SSSR count). The lowest BCUT2D eigenvalue weighted by molar-refractivity contribution is 0.319. The van der Waals surface area contributed by atoms with Gasteiger partial charge in [-0.15, -0.1) is 0 Å². The Morgan fingerprint density at radius 2 is 1.79 bits per heavy atom. The second-order valence-corrected chi connectivity index (χ2v) is 7.92. The van der Waals surface area contributed by atoms with E-state index in [1.165, 1.54) is 18.2 Å². The summed E-state index contributed by atoms with van der Waals surface area (Å²) in [5, 5.41) is 10.3. The van der Waals surface area contributed by atoms with Crippen molar-refractivity contribution in [3.8, 4) is 11.5 Å². The standard InChI is InChI=1S/C13H15NO8S2/c14-12-10(24(19,20)21)7-8-3-1-4-9(15)11(8)13(12)22-5-2-6-23(16,17)18/h1,3-4,7,15H,2,5-6,14H2,(H,16,17,18)(H,19,20,21). The summed E-state index contributed by atoms with van der Waals surface area (Å²) in [6, 6.07) is 5.36. The average molecular weight is 377 g/mol. The van der Waals surface area contributed by atoms with Crippen LogP contribution in [0.3, 0.4) is 0 Å². The Balaban J connectivity index is 2.51. The number of phenols is 1. The molecule has 0 aliphatic carbocycles. The number of hydrogen-bond donors (Lipinski definition) is 4. The van der Waals surface area contributed by atoms with Gasteiger partial charge in [0.25, 0.3) is 20.2 Å². The highest BCUT2D eigenvalue weighted by atomic mass is 32.2. The predicted molar refractivity (Wildman–Crippen MR) is 86.4 cm³/mol. The fourth-order valence-electron chi connectivity index (χ4n) is 2.17. The number of phenolic OH excluding ortho intramolecular Hbond substituents is 1. The van der Waals surface area contributed by atoms with E-state index in [0.29, 0.717) is 0 Å². The Hall–Kier alpha value is -2.08. The van der Waals surface area contributed by atoms with Crippen molar-refractivity contribution in [3.63, 3.8) is 0 Å². The number of benzene rings is 2. The van der Waals surface area contributed by atoms with Gasteiger partial charge in [0.2, 0.25) is 0 Å². The summed E-state index contributed by atoms with van der Waals surface area (Å²) >= 11 is 0. The number of hydrogen-bond acceptors (Lipinski definition) is 7. The van der Waals surface area contributed by atoms with Crippen LogP contribution in [0.15, 0.2) is 29.2 Å². The van der Waals surface area contributed by atoms with E-state index < -0.39 is 36.6 Å². The number of nitrogens with two attached hydrogens (primary N) is 1. The molecule has 2 aromatic rings. The maximum Gasteiger partial charge on any atom is 0.296 e. The van der Waals surface area contributed by atoms with Crippen LogP contribution in [0.4, 0.5) is 5.69 Å². The number of anilines is 1. The zero-order valence-electron chi connectivity index (χ0n) is 12.2. The van der Waals surface area contributed by atoms with Gasteiger partial charge in [0.1, 0.15) is 10.6 Å². The van der Waals surface area contributed by atoms with Crippen molar-refractivity contribution in [2.45, 2.75) is 11.3 Å². The first-order chi connectivity index (χ1) is 11.0. The topological polar surface area (TPSA) is 164 Å². The molecular formula is C13H15NO8S2. The van der Waals surface area contributed by atoms with Crippen LogP contribution in [0.1, 0.15) is 6.42 Å². The largest absolute Gasteiger partial charge is 0.507 e. The predicted octanol–water partition coefficient (Wildman–Crippen LogP) is 1.03. The van der Waals surface area contributed by atoms with Crippen molar-refractivity contribution in [3.05, 3.63) is 24.3 Å². The van der Waals surface area contributed by atoms with Gasteiger partial charge in [-0.25, -0.2) is 0 Å². The molecule has 0 saturated carbocycles. The van der Waals surface area contributed by atoms with E-state index in [9.17, 15) is 26.5 Å². The normalized spacial score (nSPS) is 12.4. The number of nitrogen functional groups attached to an aromatic ring is 1. The molecule has 0 fully saturated rings. The van der Waals surface area contributed by atoms with Gasteiger partial charge in [-0.3, -0.25) is 9.11 Å². The molecule has 0 amide bonds. The number of rotatable bonds is 6. The zero-order chi connectivity index (χ0) is 18.1. The lowest BCUT2D eigenvalue weighted by Gasteiger charge is -2.15. The molecule has 132 valence electrons. The van der Waals surface area contributed by atoms with Gasteiger partial charge in [0.15, 0.2) is 5.75 Å². The van der Waals surface area contributed by atoms with E-state index in [-0.39, 0.29) is 35.3 Å². The Morgan fingerprint density at radius 3 is 2.38 bits per heavy atom. The molecule has 0 radical (unpaired) electrons. The molecule has 0 aromatic heterocycles. The molecule has 0 unspecified atom stereocenters. The van der Waals surface area contributed by atoms with Crippen molar-refractivity contribution in [1.29, 1.82) is 0 Å². The van der Waals surface area contributed by atoms with Gasteiger partial charge in [-0.2, -0.15) is 16.8 Å². The number of ether oxygens (including phenoxy) is 1. The second kappa shape index (κ2) is 6.43. The highest BCUT2D eigenvalue weighted by Crippen LogP contribution is 2.41. The summed E-state index contributed by atoms with van der Waals surface area (Å²) in [4.78, 5) is -0.592. The van der Waals surface area contributed by atoms with Crippen molar-refractivity contribution < 1.29 is 35.8 Å². The van der Waals surface area contributed by atoms with Gasteiger partial charge < -0.3 is 15.6 Å². The monoisotopic (exact) mass is 377 g/mol. The lowest BCUT2D eigenvalue weighted by Crippen LogP contribution is -2.11. The van der Waals surface area contributed by atoms with E-state index in [0.717, 1.165) is 6.07 Å². The first kappa shape index (κ1) is 18.3. The summed E-state index contributed by atoms with van der Waals surface area (Å²) in [5.41, 5.74) is 5.31. The highest BCUT2D eigenvalue weighted by Gasteiger charge is 2.22. The van der Waals surface area contributed by atoms with Crippen LogP contribution >= 0.6 is 0 Å². The summed E-state index contributed by atoms with van der Waals surface area (Å²) in [5.74, 6) is -0.992. The van der Waals surface area contributed by atoms with Gasteiger partial charge in [0.05, 0.1) is 23.4 Å². The van der Waals surface area contributed by atoms with E-state index in [1.54, 1.807) is 0 Å². The van der Waals surface area contributed by atoms with E-state index in [1.807, 2.05) is 0 Å². The Kier molecular flexibility index (Phi) is 4.90. The Morgan fingerprint density at radius 1 is 1.12 bits per heavy atom. The van der Waals surface area contributed by atoms with Gasteiger partial charge in [-0.1, -0.05) is 12.1 Å². The number of fused-ring (bicyclic) bond motifs is 1. The van der Waals surface area contributed by atoms with Crippen LogP contribution < -0.4 is 10.5 Å². The minimum absolute atomic E-state index is 0.0938. The number of aromatic hydroxyl groups is 1. The molecule has 24 heavy (non-hydrogen) atoms. The maximum atomic E-state index is 11.4. The van der Waals surface area contributed by atoms with Crippen molar-refractivity contribution in [2.24, 2.45) is 0 Å². The third kappa shape index (κ3) is 4.06. The Labute approximate surface area is 138 Å². The van der Waals surface area contributed by atoms with Crippen LogP contribution in [0.25, 0.3) is 10.8 Å². The third-order valence-electron chi connectivity index (χ3n) is 3.17.